The van der Waals surface area contributed by atoms with E-state index < -0.39 is 0 Å². The van der Waals surface area contributed by atoms with Crippen LogP contribution in [0.4, 0.5) is 0 Å². The van der Waals surface area contributed by atoms with Crippen molar-refractivity contribution in [3.05, 3.63) is 6.92 Å². The van der Waals surface area contributed by atoms with E-state index in [9.17, 15) is 0 Å². The molecule has 0 aliphatic heterocycles. The zero-order valence-electron chi connectivity index (χ0n) is 5.36. The Bertz CT molecular complexity index is 9.65. The van der Waals surface area contributed by atoms with Gasteiger partial charge in [-0.3, -0.25) is 0 Å². The molecule has 0 saturated carbocycles. The first-order chi connectivity index (χ1) is 2.41. The van der Waals surface area contributed by atoms with Crippen molar-refractivity contribution in [1.82, 2.24) is 0 Å². The van der Waals surface area contributed by atoms with Crippen LogP contribution < -0.4 is 0 Å². The Labute approximate surface area is 104 Å². The predicted molar refractivity (Wildman–Crippen MR) is 28.5 cm³/mol. The van der Waals surface area contributed by atoms with Gasteiger partial charge in [0.2, 0.25) is 0 Å². The van der Waals surface area contributed by atoms with Gasteiger partial charge in [-0.05, 0) is 0 Å². The van der Waals surface area contributed by atoms with E-state index in [-0.39, 0.29) is 65.4 Å². The number of hydrogen-bond acceptors (Lipinski definition) is 0. The van der Waals surface area contributed by atoms with Crippen LogP contribution in [0.15, 0.2) is 0 Å². The van der Waals surface area contributed by atoms with Crippen molar-refractivity contribution in [1.29, 1.82) is 0 Å². The molecule has 38 valence electrons. The van der Waals surface area contributed by atoms with E-state index in [1.165, 1.54) is 0 Å². The molecule has 0 unspecified atom stereocenters. The molecule has 3 heteroatoms. The second kappa shape index (κ2) is 37.4. The molecule has 0 heterocycles. The fourth-order valence-electron chi connectivity index (χ4n) is 0. The quantitative estimate of drug-likeness (QED) is 0.471. The second-order valence-corrected chi connectivity index (χ2v) is 2.60. The Hall–Kier alpha value is 2.75. The summed E-state index contributed by atoms with van der Waals surface area (Å²) < 4.78 is 0. The van der Waals surface area contributed by atoms with Crippen LogP contribution in [0.25, 0.3) is 0 Å². The topological polar surface area (TPSA) is 0 Å². The minimum atomic E-state index is 0. The van der Waals surface area contributed by atoms with E-state index in [2.05, 4.69) is 18.4 Å². The van der Waals surface area contributed by atoms with Gasteiger partial charge in [-0.15, -0.1) is 0 Å². The molecule has 0 N–H and O–H groups in total. The smallest absolute Gasteiger partial charge is 0 e. The largest absolute Gasteiger partial charge is 0 e. The molecule has 0 nitrogen and oxygen atoms in total. The Balaban J connectivity index is -0.0000000105. The number of rotatable bonds is 0. The van der Waals surface area contributed by atoms with Gasteiger partial charge >= 0.3 is 26.9 Å². The summed E-state index contributed by atoms with van der Waals surface area (Å²) in [6.07, 6.45) is 0. The Morgan fingerprint density at radius 2 is 1.00 bits per heavy atom. The molecule has 0 aliphatic carbocycles. The Morgan fingerprint density at radius 1 is 1.00 bits per heavy atom. The van der Waals surface area contributed by atoms with Crippen LogP contribution in [0.5, 0.6) is 0 Å². The molecule has 0 bridgehead atoms. The first-order valence-electron chi connectivity index (χ1n) is 1.71. The van der Waals surface area contributed by atoms with Crippen molar-refractivity contribution in [3.8, 4) is 0 Å². The molecule has 4 radical (unpaired) electrons. The summed E-state index contributed by atoms with van der Waals surface area (Å²) in [5.74, 6) is 4.50. The van der Waals surface area contributed by atoms with E-state index >= 15 is 0 Å². The Morgan fingerprint density at radius 3 is 1.00 bits per heavy atom. The summed E-state index contributed by atoms with van der Waals surface area (Å²) >= 11 is 0.500. The molecular weight excluding hydrogens is 298 g/mol. The summed E-state index contributed by atoms with van der Waals surface area (Å²) in [6.45, 7) is 5.00. The van der Waals surface area contributed by atoms with Gasteiger partial charge in [-0.2, -0.15) is 6.92 Å². The molecule has 0 fully saturated rings. The zero-order valence-corrected chi connectivity index (χ0v) is 13.1. The van der Waals surface area contributed by atoms with E-state index in [1.807, 2.05) is 0 Å². The standard InChI is InChI=1S/C2H6Ge.C2H5.2Y/c1-3-2;1-2;;/h1-2H3;1H2,2H3;;/q;-1;;. The first-order valence-corrected chi connectivity index (χ1v) is 5.90. The Kier molecular flexibility index (Phi) is 121. The minimum Gasteiger partial charge on any atom is 0 e. The molecule has 7 heavy (non-hydrogen) atoms. The number of hydrogen-bond donors (Lipinski definition) is 0. The maximum Gasteiger partial charge on any atom is 0 e. The predicted octanol–water partition coefficient (Wildman–Crippen LogP) is 1.62. The third-order valence-electron chi connectivity index (χ3n) is 0. The van der Waals surface area contributed by atoms with Crippen LogP contribution in [0.1, 0.15) is 6.92 Å². The van der Waals surface area contributed by atoms with Gasteiger partial charge in [0.05, 0.1) is 0 Å². The average molecular weight is 310 g/mol. The maximum atomic E-state index is 3.25. The summed E-state index contributed by atoms with van der Waals surface area (Å²) in [7, 11) is 0. The summed E-state index contributed by atoms with van der Waals surface area (Å²) in [5, 5.41) is 0. The third kappa shape index (κ3) is 52.7. The SMILES string of the molecule is [CH2-]C.[CH3][Ge][CH3].[Y].[Y]. The van der Waals surface area contributed by atoms with Crippen LogP contribution in [-0.4, -0.2) is 15.4 Å². The molecular formula is C4H11GeY2-. The van der Waals surface area contributed by atoms with Crippen LogP contribution >= 0.6 is 0 Å². The fraction of sp³-hybridized carbons (Fsp3) is 0.750. The van der Waals surface area contributed by atoms with Crippen LogP contribution in [0, 0.1) is 6.92 Å². The van der Waals surface area contributed by atoms with E-state index in [1.54, 1.807) is 6.92 Å². The van der Waals surface area contributed by atoms with Crippen LogP contribution in [-0.2, 0) is 65.4 Å². The normalized spacial score (nSPS) is 3.43. The molecule has 0 rings (SSSR count). The molecule has 0 aromatic rings. The third-order valence-corrected chi connectivity index (χ3v) is 0. The first kappa shape index (κ1) is 22.6. The fourth-order valence-corrected chi connectivity index (χ4v) is 0. The van der Waals surface area contributed by atoms with Crippen molar-refractivity contribution in [2.45, 2.75) is 18.4 Å². The van der Waals surface area contributed by atoms with Gasteiger partial charge in [0.25, 0.3) is 0 Å². The zero-order chi connectivity index (χ0) is 4.71. The van der Waals surface area contributed by atoms with Crippen LogP contribution in [0.3, 0.4) is 0 Å². The van der Waals surface area contributed by atoms with Crippen molar-refractivity contribution in [2.75, 3.05) is 0 Å². The molecule has 0 aromatic heterocycles. The molecule has 0 amide bonds. The van der Waals surface area contributed by atoms with E-state index in [0.717, 1.165) is 0 Å². The summed E-state index contributed by atoms with van der Waals surface area (Å²) in [5.41, 5.74) is 0. The van der Waals surface area contributed by atoms with Gasteiger partial charge in [-0.25, -0.2) is 0 Å². The van der Waals surface area contributed by atoms with Gasteiger partial charge < -0.3 is 6.92 Å². The molecule has 0 aromatic carbocycles. The molecule has 0 saturated heterocycles. The maximum absolute atomic E-state index is 3.25. The second-order valence-electron chi connectivity index (χ2n) is 0.500. The monoisotopic (exact) mass is 311 g/mol. The van der Waals surface area contributed by atoms with E-state index in [4.69, 9.17) is 0 Å². The van der Waals surface area contributed by atoms with Gasteiger partial charge in [0.15, 0.2) is 0 Å². The van der Waals surface area contributed by atoms with Crippen molar-refractivity contribution in [2.24, 2.45) is 0 Å². The average Bonchev–Trinajstić information content (AvgIpc) is 1.46. The van der Waals surface area contributed by atoms with Gasteiger partial charge in [-0.1, -0.05) is 0 Å². The van der Waals surface area contributed by atoms with Gasteiger partial charge in [0, 0.05) is 65.4 Å². The minimum absolute atomic E-state index is 0. The molecule has 0 atom stereocenters. The summed E-state index contributed by atoms with van der Waals surface area (Å²) in [4.78, 5) is 0. The van der Waals surface area contributed by atoms with Crippen LogP contribution in [0.2, 0.25) is 11.5 Å². The van der Waals surface area contributed by atoms with E-state index in [0.29, 0.717) is 15.4 Å². The van der Waals surface area contributed by atoms with Gasteiger partial charge in [0.1, 0.15) is 0 Å². The summed E-state index contributed by atoms with van der Waals surface area (Å²) in [6, 6.07) is 0. The molecule has 0 spiro atoms. The van der Waals surface area contributed by atoms with Crippen molar-refractivity contribution in [3.63, 3.8) is 0 Å². The molecule has 0 aliphatic rings. The van der Waals surface area contributed by atoms with Crippen molar-refractivity contribution >= 4 is 15.4 Å². The van der Waals surface area contributed by atoms with Crippen molar-refractivity contribution < 1.29 is 65.4 Å².